The molecule has 14 rings (SSSR count). The summed E-state index contributed by atoms with van der Waals surface area (Å²) in [4.78, 5) is 0. The molecule has 2 aromatic heterocycles. The molecule has 0 unspecified atom stereocenters. The van der Waals surface area contributed by atoms with E-state index in [2.05, 4.69) is 240 Å². The molecule has 2 heteroatoms. The number of rotatable bonds is 4. The predicted octanol–water partition coefficient (Wildman–Crippen LogP) is 17.0. The van der Waals surface area contributed by atoms with Gasteiger partial charge in [0.1, 0.15) is 0 Å². The largest absolute Gasteiger partial charge is 0.309 e. The van der Waals surface area contributed by atoms with Gasteiger partial charge in [0.15, 0.2) is 0 Å². The smallest absolute Gasteiger partial charge is 0.0541 e. The summed E-state index contributed by atoms with van der Waals surface area (Å²) in [5, 5.41) is 17.9. The zero-order valence-electron chi connectivity index (χ0n) is 34.8. The lowest BCUT2D eigenvalue weighted by molar-refractivity contribution is 1.18. The molecule has 0 aliphatic carbocycles. The lowest BCUT2D eigenvalue weighted by atomic mass is 9.85. The van der Waals surface area contributed by atoms with Gasteiger partial charge in [-0.25, -0.2) is 0 Å². The maximum atomic E-state index is 2.45. The minimum absolute atomic E-state index is 1.14. The third-order valence-corrected chi connectivity index (χ3v) is 13.9. The molecule has 0 atom stereocenters. The lowest BCUT2D eigenvalue weighted by Crippen LogP contribution is -1.94. The Kier molecular flexibility index (Phi) is 7.43. The fourth-order valence-corrected chi connectivity index (χ4v) is 11.0. The number of benzene rings is 12. The zero-order chi connectivity index (χ0) is 41.9. The summed E-state index contributed by atoms with van der Waals surface area (Å²) in [6.45, 7) is 0. The molecule has 12 aromatic carbocycles. The molecule has 64 heavy (non-hydrogen) atoms. The van der Waals surface area contributed by atoms with E-state index in [0.717, 1.165) is 5.69 Å². The quantitative estimate of drug-likeness (QED) is 0.157. The van der Waals surface area contributed by atoms with Gasteiger partial charge >= 0.3 is 0 Å². The van der Waals surface area contributed by atoms with Crippen LogP contribution in [0.4, 0.5) is 0 Å². The maximum Gasteiger partial charge on any atom is 0.0541 e. The minimum Gasteiger partial charge on any atom is -0.309 e. The van der Waals surface area contributed by atoms with E-state index in [1.165, 1.54) is 125 Å². The van der Waals surface area contributed by atoms with E-state index in [4.69, 9.17) is 0 Å². The lowest BCUT2D eigenvalue weighted by Gasteiger charge is -2.18. The average molecular weight is 811 g/mol. The van der Waals surface area contributed by atoms with Crippen LogP contribution in [0.2, 0.25) is 0 Å². The topological polar surface area (TPSA) is 9.86 Å². The van der Waals surface area contributed by atoms with Crippen LogP contribution in [0.3, 0.4) is 0 Å². The number of aromatic nitrogens is 2. The van der Waals surface area contributed by atoms with Gasteiger partial charge in [-0.05, 0) is 143 Å². The number of hydrogen-bond acceptors (Lipinski definition) is 0. The van der Waals surface area contributed by atoms with Crippen molar-refractivity contribution in [2.45, 2.75) is 0 Å². The molecule has 2 nitrogen and oxygen atoms in total. The summed E-state index contributed by atoms with van der Waals surface area (Å²) < 4.78 is 4.81. The highest BCUT2D eigenvalue weighted by Gasteiger charge is 2.19. The molecule has 0 bridgehead atoms. The van der Waals surface area contributed by atoms with Crippen LogP contribution < -0.4 is 0 Å². The molecule has 2 heterocycles. The van der Waals surface area contributed by atoms with Gasteiger partial charge in [0.05, 0.1) is 22.1 Å². The first-order valence-electron chi connectivity index (χ1n) is 22.2. The summed E-state index contributed by atoms with van der Waals surface area (Å²) in [7, 11) is 0. The first-order chi connectivity index (χ1) is 31.8. The Labute approximate surface area is 369 Å². The molecule has 0 saturated heterocycles. The molecule has 0 spiro atoms. The van der Waals surface area contributed by atoms with Crippen molar-refractivity contribution in [3.63, 3.8) is 0 Å². The third-order valence-electron chi connectivity index (χ3n) is 13.9. The van der Waals surface area contributed by atoms with Crippen LogP contribution in [-0.4, -0.2) is 9.13 Å². The second kappa shape index (κ2) is 13.5. The summed E-state index contributed by atoms with van der Waals surface area (Å²) in [6.07, 6.45) is 0. The van der Waals surface area contributed by atoms with E-state index in [1.807, 2.05) is 0 Å². The number of para-hydroxylation sites is 3. The van der Waals surface area contributed by atoms with Gasteiger partial charge in [-0.15, -0.1) is 0 Å². The third kappa shape index (κ3) is 5.02. The molecular weight excluding hydrogens is 773 g/mol. The fraction of sp³-hybridized carbons (Fsp3) is 0. The van der Waals surface area contributed by atoms with Crippen molar-refractivity contribution >= 4 is 97.5 Å². The van der Waals surface area contributed by atoms with Crippen LogP contribution in [0.5, 0.6) is 0 Å². The van der Waals surface area contributed by atoms with Gasteiger partial charge < -0.3 is 9.13 Å². The summed E-state index contributed by atoms with van der Waals surface area (Å²) >= 11 is 0. The Morgan fingerprint density at radius 1 is 0.219 bits per heavy atom. The Balaban J connectivity index is 0.933. The molecule has 296 valence electrons. The highest BCUT2D eigenvalue weighted by Crippen LogP contribution is 2.46. The first-order valence-corrected chi connectivity index (χ1v) is 22.2. The van der Waals surface area contributed by atoms with Gasteiger partial charge in [-0.2, -0.15) is 0 Å². The van der Waals surface area contributed by atoms with Crippen molar-refractivity contribution in [2.75, 3.05) is 0 Å². The predicted molar refractivity (Wildman–Crippen MR) is 274 cm³/mol. The standard InChI is InChI=1S/C62H38N2/c1-2-15-43(16-3-1)63-57-24-12-10-21-49(57)54-36-41(29-34-59(54)63)42-30-35-60-55(37-42)50-22-11-13-25-58(50)64(60)44-31-26-40(27-32-44)53-38-56-48-20-7-6-18-46(48)47-19-8-9-23-51(47)62(56)61-45-17-5-4-14-39(45)28-33-52(53)61/h1-38H. The van der Waals surface area contributed by atoms with Gasteiger partial charge in [-0.3, -0.25) is 0 Å². The highest BCUT2D eigenvalue weighted by atomic mass is 15.0. The molecule has 0 fully saturated rings. The Morgan fingerprint density at radius 3 is 1.28 bits per heavy atom. The molecular formula is C62H38N2. The van der Waals surface area contributed by atoms with Crippen molar-refractivity contribution in [1.29, 1.82) is 0 Å². The Bertz CT molecular complexity index is 4220. The number of hydrogen-bond donors (Lipinski definition) is 0. The molecule has 0 aliphatic rings. The minimum atomic E-state index is 1.14. The summed E-state index contributed by atoms with van der Waals surface area (Å²) in [5.41, 5.74) is 12.0. The van der Waals surface area contributed by atoms with Gasteiger partial charge in [-0.1, -0.05) is 164 Å². The molecule has 0 radical (unpaired) electrons. The molecule has 0 N–H and O–H groups in total. The SMILES string of the molecule is c1ccc(-n2c3ccccc3c3cc(-c4ccc5c(c4)c4ccccc4n5-c4ccc(-c5cc6c7ccccc7c7ccccc7c6c6c5ccc5ccccc56)cc4)ccc32)cc1. The van der Waals surface area contributed by atoms with Gasteiger partial charge in [0, 0.05) is 32.9 Å². The van der Waals surface area contributed by atoms with Crippen LogP contribution in [0.25, 0.3) is 131 Å². The van der Waals surface area contributed by atoms with Crippen molar-refractivity contribution in [2.24, 2.45) is 0 Å². The van der Waals surface area contributed by atoms with E-state index in [0.29, 0.717) is 0 Å². The molecule has 0 aliphatic heterocycles. The van der Waals surface area contributed by atoms with E-state index < -0.39 is 0 Å². The van der Waals surface area contributed by atoms with Crippen LogP contribution in [0.1, 0.15) is 0 Å². The van der Waals surface area contributed by atoms with Crippen molar-refractivity contribution in [1.82, 2.24) is 9.13 Å². The van der Waals surface area contributed by atoms with E-state index in [1.54, 1.807) is 0 Å². The van der Waals surface area contributed by atoms with E-state index in [9.17, 15) is 0 Å². The zero-order valence-corrected chi connectivity index (χ0v) is 34.8. The monoisotopic (exact) mass is 810 g/mol. The van der Waals surface area contributed by atoms with E-state index >= 15 is 0 Å². The van der Waals surface area contributed by atoms with Crippen LogP contribution >= 0.6 is 0 Å². The van der Waals surface area contributed by atoms with Gasteiger partial charge in [0.25, 0.3) is 0 Å². The number of fused-ring (bicyclic) bond motifs is 16. The highest BCUT2D eigenvalue weighted by molar-refractivity contribution is 6.36. The van der Waals surface area contributed by atoms with Crippen LogP contribution in [-0.2, 0) is 0 Å². The van der Waals surface area contributed by atoms with E-state index in [-0.39, 0.29) is 0 Å². The number of nitrogens with zero attached hydrogens (tertiary/aromatic N) is 2. The van der Waals surface area contributed by atoms with Crippen molar-refractivity contribution < 1.29 is 0 Å². The molecule has 0 amide bonds. The maximum absolute atomic E-state index is 2.45. The molecule has 14 aromatic rings. The first kappa shape index (κ1) is 35.2. The van der Waals surface area contributed by atoms with Gasteiger partial charge in [0.2, 0.25) is 0 Å². The van der Waals surface area contributed by atoms with Crippen molar-refractivity contribution in [3.05, 3.63) is 231 Å². The van der Waals surface area contributed by atoms with Crippen LogP contribution in [0.15, 0.2) is 231 Å². The summed E-state index contributed by atoms with van der Waals surface area (Å²) in [6, 6.07) is 85.3. The average Bonchev–Trinajstić information content (AvgIpc) is 3.88. The fourth-order valence-electron chi connectivity index (χ4n) is 11.0. The molecule has 0 saturated carbocycles. The van der Waals surface area contributed by atoms with Crippen molar-refractivity contribution in [3.8, 4) is 33.6 Å². The Morgan fingerprint density at radius 2 is 0.656 bits per heavy atom. The Hall–Kier alpha value is -8.46. The second-order valence-electron chi connectivity index (χ2n) is 17.2. The second-order valence-corrected chi connectivity index (χ2v) is 17.2. The normalized spacial score (nSPS) is 12.1. The van der Waals surface area contributed by atoms with Crippen LogP contribution in [0, 0.1) is 0 Å². The summed E-state index contributed by atoms with van der Waals surface area (Å²) in [5.74, 6) is 0.